The average Bonchev–Trinajstić information content (AvgIpc) is 2.49. The molecule has 5 heteroatoms. The molecule has 5 nitrogen and oxygen atoms in total. The van der Waals surface area contributed by atoms with Crippen molar-refractivity contribution in [3.63, 3.8) is 0 Å². The molecule has 0 aliphatic heterocycles. The minimum atomic E-state index is -0.392. The van der Waals surface area contributed by atoms with E-state index >= 15 is 0 Å². The minimum absolute atomic E-state index is 0.220. The monoisotopic (exact) mass is 286 g/mol. The van der Waals surface area contributed by atoms with Gasteiger partial charge in [-0.25, -0.2) is 5.48 Å². The van der Waals surface area contributed by atoms with E-state index in [1.54, 1.807) is 5.48 Å². The van der Waals surface area contributed by atoms with Crippen LogP contribution in [0, 0.1) is 0 Å². The first kappa shape index (κ1) is 16.4. The molecule has 0 heterocycles. The normalized spacial score (nSPS) is 9.19. The van der Waals surface area contributed by atoms with Crippen LogP contribution < -0.4 is 11.2 Å². The number of hydrogen-bond acceptors (Lipinski definition) is 3. The number of amides is 2. The van der Waals surface area contributed by atoms with E-state index in [1.165, 1.54) is 0 Å². The molecule has 0 aromatic heterocycles. The summed E-state index contributed by atoms with van der Waals surface area (Å²) >= 11 is 0. The lowest BCUT2D eigenvalue weighted by molar-refractivity contribution is -0.128. The van der Waals surface area contributed by atoms with E-state index in [0.717, 1.165) is 11.1 Å². The van der Waals surface area contributed by atoms with Crippen LogP contribution in [0.4, 0.5) is 0 Å². The number of primary amides is 1. The van der Waals surface area contributed by atoms with Crippen LogP contribution in [0.5, 0.6) is 0 Å². The lowest BCUT2D eigenvalue weighted by Gasteiger charge is -1.97. The van der Waals surface area contributed by atoms with Crippen LogP contribution in [0.2, 0.25) is 0 Å². The van der Waals surface area contributed by atoms with Crippen LogP contribution in [0.1, 0.15) is 11.1 Å². The molecule has 21 heavy (non-hydrogen) atoms. The number of benzene rings is 2. The van der Waals surface area contributed by atoms with E-state index < -0.39 is 5.91 Å². The molecule has 0 spiro atoms. The summed E-state index contributed by atoms with van der Waals surface area (Å²) < 4.78 is 0. The van der Waals surface area contributed by atoms with Crippen molar-refractivity contribution in [2.45, 2.75) is 12.8 Å². The molecular weight excluding hydrogens is 268 g/mol. The zero-order valence-electron chi connectivity index (χ0n) is 11.5. The van der Waals surface area contributed by atoms with Crippen LogP contribution in [0.25, 0.3) is 0 Å². The fraction of sp³-hybridized carbons (Fsp3) is 0.125. The Labute approximate surface area is 123 Å². The van der Waals surface area contributed by atoms with Crippen LogP contribution in [-0.4, -0.2) is 17.0 Å². The Morgan fingerprint density at radius 1 is 0.857 bits per heavy atom. The molecule has 0 bridgehead atoms. The molecule has 2 amide bonds. The molecule has 0 unspecified atom stereocenters. The van der Waals surface area contributed by atoms with Gasteiger partial charge in [-0.2, -0.15) is 0 Å². The summed E-state index contributed by atoms with van der Waals surface area (Å²) in [7, 11) is 0. The molecule has 2 rings (SSSR count). The van der Waals surface area contributed by atoms with Crippen LogP contribution in [-0.2, 0) is 22.4 Å². The van der Waals surface area contributed by atoms with E-state index in [1.807, 2.05) is 60.7 Å². The maximum atomic E-state index is 10.6. The Morgan fingerprint density at radius 3 is 1.67 bits per heavy atom. The molecule has 2 aromatic rings. The van der Waals surface area contributed by atoms with E-state index in [0.29, 0.717) is 6.42 Å². The zero-order chi connectivity index (χ0) is 15.5. The molecule has 0 radical (unpaired) electrons. The first-order valence-corrected chi connectivity index (χ1v) is 6.41. The highest BCUT2D eigenvalue weighted by molar-refractivity contribution is 5.77. The number of carbonyl (C=O) groups excluding carboxylic acids is 2. The lowest BCUT2D eigenvalue weighted by atomic mass is 10.1. The second-order valence-electron chi connectivity index (χ2n) is 4.33. The van der Waals surface area contributed by atoms with Crippen molar-refractivity contribution < 1.29 is 14.8 Å². The van der Waals surface area contributed by atoms with Crippen molar-refractivity contribution in [1.29, 1.82) is 0 Å². The summed E-state index contributed by atoms with van der Waals surface area (Å²) in [4.78, 5) is 21.0. The summed E-state index contributed by atoms with van der Waals surface area (Å²) in [5.74, 6) is -0.678. The van der Waals surface area contributed by atoms with Gasteiger partial charge in [0.25, 0.3) is 0 Å². The van der Waals surface area contributed by atoms with Gasteiger partial charge in [0.2, 0.25) is 11.8 Å². The summed E-state index contributed by atoms with van der Waals surface area (Å²) in [6, 6.07) is 18.7. The number of nitrogens with two attached hydrogens (primary N) is 1. The first-order valence-electron chi connectivity index (χ1n) is 6.41. The SMILES string of the molecule is NC(=O)Cc1ccccc1.O=C(Cc1ccccc1)NO. The van der Waals surface area contributed by atoms with Gasteiger partial charge in [-0.15, -0.1) is 0 Å². The number of carbonyl (C=O) groups is 2. The predicted molar refractivity (Wildman–Crippen MR) is 79.4 cm³/mol. The van der Waals surface area contributed by atoms with Crippen molar-refractivity contribution in [2.75, 3.05) is 0 Å². The maximum Gasteiger partial charge on any atom is 0.247 e. The Balaban J connectivity index is 0.000000211. The van der Waals surface area contributed by atoms with Gasteiger partial charge >= 0.3 is 0 Å². The van der Waals surface area contributed by atoms with E-state index in [2.05, 4.69) is 0 Å². The van der Waals surface area contributed by atoms with Crippen molar-refractivity contribution in [2.24, 2.45) is 5.73 Å². The lowest BCUT2D eigenvalue weighted by Crippen LogP contribution is -2.20. The third kappa shape index (κ3) is 7.49. The minimum Gasteiger partial charge on any atom is -0.369 e. The Hall–Kier alpha value is -2.66. The summed E-state index contributed by atoms with van der Waals surface area (Å²) in [5.41, 5.74) is 8.42. The standard InChI is InChI=1S/C8H9NO2.C8H9NO/c10-8(9-11)6-7-4-2-1-3-5-7;9-8(10)6-7-4-2-1-3-5-7/h1-5,11H,6H2,(H,9,10);1-5H,6H2,(H2,9,10). The fourth-order valence-corrected chi connectivity index (χ4v) is 1.62. The molecule has 0 saturated heterocycles. The highest BCUT2D eigenvalue weighted by Crippen LogP contribution is 1.98. The molecule has 0 saturated carbocycles. The van der Waals surface area contributed by atoms with E-state index in [4.69, 9.17) is 10.9 Å². The summed E-state index contributed by atoms with van der Waals surface area (Å²) in [6.07, 6.45) is 0.554. The smallest absolute Gasteiger partial charge is 0.247 e. The molecular formula is C16H18N2O3. The second kappa shape index (κ2) is 9.28. The number of hydrogen-bond donors (Lipinski definition) is 3. The average molecular weight is 286 g/mol. The summed E-state index contributed by atoms with van der Waals surface area (Å²) in [6.45, 7) is 0. The van der Waals surface area contributed by atoms with Crippen molar-refractivity contribution >= 4 is 11.8 Å². The van der Waals surface area contributed by atoms with Gasteiger partial charge in [0.1, 0.15) is 0 Å². The summed E-state index contributed by atoms with van der Waals surface area (Å²) in [5, 5.41) is 8.20. The predicted octanol–water partition coefficient (Wildman–Crippen LogP) is 1.45. The van der Waals surface area contributed by atoms with Crippen molar-refractivity contribution in [1.82, 2.24) is 5.48 Å². The van der Waals surface area contributed by atoms with Gasteiger partial charge in [-0.05, 0) is 11.1 Å². The molecule has 0 aliphatic rings. The highest BCUT2D eigenvalue weighted by atomic mass is 16.5. The molecule has 110 valence electrons. The number of rotatable bonds is 4. The van der Waals surface area contributed by atoms with Gasteiger partial charge in [-0.3, -0.25) is 14.8 Å². The Bertz CT molecular complexity index is 556. The quantitative estimate of drug-likeness (QED) is 0.586. The van der Waals surface area contributed by atoms with Gasteiger partial charge in [-0.1, -0.05) is 60.7 Å². The van der Waals surface area contributed by atoms with Gasteiger partial charge in [0.15, 0.2) is 0 Å². The zero-order valence-corrected chi connectivity index (χ0v) is 11.5. The van der Waals surface area contributed by atoms with Gasteiger partial charge < -0.3 is 5.73 Å². The van der Waals surface area contributed by atoms with Crippen LogP contribution in [0.3, 0.4) is 0 Å². The van der Waals surface area contributed by atoms with Crippen LogP contribution >= 0.6 is 0 Å². The third-order valence-corrected chi connectivity index (χ3v) is 2.55. The molecule has 2 aromatic carbocycles. The van der Waals surface area contributed by atoms with E-state index in [9.17, 15) is 9.59 Å². The first-order chi connectivity index (χ1) is 10.1. The largest absolute Gasteiger partial charge is 0.369 e. The highest BCUT2D eigenvalue weighted by Gasteiger charge is 1.98. The van der Waals surface area contributed by atoms with Crippen molar-refractivity contribution in [3.8, 4) is 0 Å². The maximum absolute atomic E-state index is 10.6. The van der Waals surface area contributed by atoms with E-state index in [-0.39, 0.29) is 12.3 Å². The molecule has 0 fully saturated rings. The van der Waals surface area contributed by atoms with Crippen molar-refractivity contribution in [3.05, 3.63) is 71.8 Å². The molecule has 0 aliphatic carbocycles. The molecule has 4 N–H and O–H groups in total. The Morgan fingerprint density at radius 2 is 1.29 bits per heavy atom. The second-order valence-corrected chi connectivity index (χ2v) is 4.33. The molecule has 0 atom stereocenters. The number of hydroxylamine groups is 1. The number of nitrogens with one attached hydrogen (secondary N) is 1. The Kier molecular flexibility index (Phi) is 7.24. The topological polar surface area (TPSA) is 92.4 Å². The van der Waals surface area contributed by atoms with Gasteiger partial charge in [0.05, 0.1) is 12.8 Å². The third-order valence-electron chi connectivity index (χ3n) is 2.55. The fourth-order valence-electron chi connectivity index (χ4n) is 1.62. The van der Waals surface area contributed by atoms with Gasteiger partial charge in [0, 0.05) is 0 Å². The van der Waals surface area contributed by atoms with Crippen LogP contribution in [0.15, 0.2) is 60.7 Å².